The van der Waals surface area contributed by atoms with Crippen LogP contribution in [0.1, 0.15) is 18.9 Å². The molecule has 1 aliphatic heterocycles. The molecule has 2 aromatic heterocycles. The predicted molar refractivity (Wildman–Crippen MR) is 105 cm³/mol. The molecule has 0 spiro atoms. The number of ether oxygens (including phenoxy) is 2. The van der Waals surface area contributed by atoms with Gasteiger partial charge >= 0.3 is 6.09 Å². The molecule has 1 aliphatic rings. The van der Waals surface area contributed by atoms with E-state index in [0.29, 0.717) is 30.5 Å². The standard InChI is InChI=1S/C19H21N5O4/c1-27-15-8-11(2-3-14(15)23-19(25)26)13-9-24(12-4-6-28-7-5-12)18-16(13)17(20)21-10-22-18/h2-3,8-10,12,23H,4-7H2,1H3,(H,25,26)(H2,20,21,22). The molecule has 0 radical (unpaired) electrons. The molecular weight excluding hydrogens is 362 g/mol. The molecule has 28 heavy (non-hydrogen) atoms. The molecule has 0 unspecified atom stereocenters. The summed E-state index contributed by atoms with van der Waals surface area (Å²) < 4.78 is 13.0. The van der Waals surface area contributed by atoms with Crippen molar-refractivity contribution in [3.63, 3.8) is 0 Å². The van der Waals surface area contributed by atoms with Crippen LogP contribution in [-0.4, -0.2) is 46.1 Å². The third-order valence-electron chi connectivity index (χ3n) is 4.98. The zero-order chi connectivity index (χ0) is 19.7. The van der Waals surface area contributed by atoms with Gasteiger partial charge in [-0.15, -0.1) is 0 Å². The lowest BCUT2D eigenvalue weighted by atomic mass is 10.0. The van der Waals surface area contributed by atoms with Crippen molar-refractivity contribution in [1.82, 2.24) is 14.5 Å². The molecule has 0 atom stereocenters. The molecule has 4 rings (SSSR count). The summed E-state index contributed by atoms with van der Waals surface area (Å²) in [5.41, 5.74) is 9.06. The summed E-state index contributed by atoms with van der Waals surface area (Å²) in [6, 6.07) is 5.54. The second-order valence-electron chi connectivity index (χ2n) is 6.60. The lowest BCUT2D eigenvalue weighted by Gasteiger charge is -2.24. The molecule has 1 saturated heterocycles. The Bertz CT molecular complexity index is 1030. The summed E-state index contributed by atoms with van der Waals surface area (Å²) in [6.45, 7) is 1.42. The number of nitrogens with zero attached hydrogens (tertiary/aromatic N) is 3. The van der Waals surface area contributed by atoms with Crippen LogP contribution in [0.5, 0.6) is 5.75 Å². The van der Waals surface area contributed by atoms with E-state index < -0.39 is 6.09 Å². The molecular formula is C19H21N5O4. The summed E-state index contributed by atoms with van der Waals surface area (Å²) in [5.74, 6) is 0.819. The van der Waals surface area contributed by atoms with Crippen molar-refractivity contribution < 1.29 is 19.4 Å². The van der Waals surface area contributed by atoms with Crippen LogP contribution in [0.25, 0.3) is 22.2 Å². The molecule has 0 aliphatic carbocycles. The van der Waals surface area contributed by atoms with Crippen LogP contribution in [0.2, 0.25) is 0 Å². The van der Waals surface area contributed by atoms with Crippen LogP contribution in [-0.2, 0) is 4.74 Å². The van der Waals surface area contributed by atoms with Crippen molar-refractivity contribution in [3.8, 4) is 16.9 Å². The van der Waals surface area contributed by atoms with E-state index >= 15 is 0 Å². The van der Waals surface area contributed by atoms with Gasteiger partial charge in [-0.05, 0) is 30.5 Å². The van der Waals surface area contributed by atoms with E-state index in [0.717, 1.165) is 35.0 Å². The minimum atomic E-state index is -1.15. The minimum absolute atomic E-state index is 0.272. The fourth-order valence-electron chi connectivity index (χ4n) is 3.65. The first-order chi connectivity index (χ1) is 13.6. The highest BCUT2D eigenvalue weighted by Crippen LogP contribution is 2.38. The van der Waals surface area contributed by atoms with Crippen molar-refractivity contribution in [2.75, 3.05) is 31.4 Å². The Hall–Kier alpha value is -3.33. The number of aromatic nitrogens is 3. The number of anilines is 2. The van der Waals surface area contributed by atoms with Crippen molar-refractivity contribution in [1.29, 1.82) is 0 Å². The number of nitrogens with one attached hydrogen (secondary N) is 1. The average Bonchev–Trinajstić information content (AvgIpc) is 3.09. The Morgan fingerprint density at radius 3 is 2.86 bits per heavy atom. The smallest absolute Gasteiger partial charge is 0.409 e. The van der Waals surface area contributed by atoms with Gasteiger partial charge in [-0.1, -0.05) is 6.07 Å². The van der Waals surface area contributed by atoms with E-state index in [4.69, 9.17) is 20.3 Å². The number of benzene rings is 1. The van der Waals surface area contributed by atoms with Gasteiger partial charge in [0.2, 0.25) is 0 Å². The fraction of sp³-hybridized carbons (Fsp3) is 0.316. The van der Waals surface area contributed by atoms with Crippen molar-refractivity contribution in [2.45, 2.75) is 18.9 Å². The summed E-state index contributed by atoms with van der Waals surface area (Å²) in [7, 11) is 1.49. The van der Waals surface area contributed by atoms with Crippen molar-refractivity contribution in [3.05, 3.63) is 30.7 Å². The number of nitrogen functional groups attached to an aromatic ring is 1. The number of carbonyl (C=O) groups is 1. The van der Waals surface area contributed by atoms with Gasteiger partial charge in [0.25, 0.3) is 0 Å². The normalized spacial score (nSPS) is 14.9. The van der Waals surface area contributed by atoms with E-state index in [1.807, 2.05) is 12.3 Å². The van der Waals surface area contributed by atoms with Crippen LogP contribution in [0, 0.1) is 0 Å². The van der Waals surface area contributed by atoms with E-state index in [2.05, 4.69) is 19.9 Å². The highest BCUT2D eigenvalue weighted by molar-refractivity contribution is 6.01. The minimum Gasteiger partial charge on any atom is -0.495 e. The second-order valence-corrected chi connectivity index (χ2v) is 6.60. The quantitative estimate of drug-likeness (QED) is 0.632. The van der Waals surface area contributed by atoms with Gasteiger partial charge in [0, 0.05) is 31.0 Å². The molecule has 1 amide bonds. The predicted octanol–water partition coefficient (Wildman–Crippen LogP) is 3.13. The Morgan fingerprint density at radius 1 is 1.36 bits per heavy atom. The third-order valence-corrected chi connectivity index (χ3v) is 4.98. The number of hydrogen-bond donors (Lipinski definition) is 3. The molecule has 1 fully saturated rings. The fourth-order valence-corrected chi connectivity index (χ4v) is 3.65. The number of rotatable bonds is 4. The molecule has 0 bridgehead atoms. The van der Waals surface area contributed by atoms with E-state index in [1.165, 1.54) is 13.4 Å². The summed E-state index contributed by atoms with van der Waals surface area (Å²) in [5, 5.41) is 12.1. The van der Waals surface area contributed by atoms with Gasteiger partial charge in [0.15, 0.2) is 0 Å². The van der Waals surface area contributed by atoms with Gasteiger partial charge < -0.3 is 24.9 Å². The highest BCUT2D eigenvalue weighted by atomic mass is 16.5. The first-order valence-corrected chi connectivity index (χ1v) is 8.95. The molecule has 9 nitrogen and oxygen atoms in total. The number of methoxy groups -OCH3 is 1. The molecule has 4 N–H and O–H groups in total. The maximum Gasteiger partial charge on any atom is 0.409 e. The SMILES string of the molecule is COc1cc(-c2cn(C3CCOCC3)c3ncnc(N)c23)ccc1NC(=O)O. The van der Waals surface area contributed by atoms with Gasteiger partial charge in [-0.25, -0.2) is 14.8 Å². The number of hydrogen-bond acceptors (Lipinski definition) is 6. The van der Waals surface area contributed by atoms with Crippen LogP contribution >= 0.6 is 0 Å². The average molecular weight is 383 g/mol. The zero-order valence-corrected chi connectivity index (χ0v) is 15.4. The van der Waals surface area contributed by atoms with Crippen molar-refractivity contribution >= 4 is 28.6 Å². The number of fused-ring (bicyclic) bond motifs is 1. The summed E-state index contributed by atoms with van der Waals surface area (Å²) in [4.78, 5) is 19.6. The first kappa shape index (κ1) is 18.1. The number of nitrogens with two attached hydrogens (primary N) is 1. The Labute approximate surface area is 161 Å². The lowest BCUT2D eigenvalue weighted by molar-refractivity contribution is 0.0706. The summed E-state index contributed by atoms with van der Waals surface area (Å²) >= 11 is 0. The molecule has 9 heteroatoms. The molecule has 146 valence electrons. The molecule has 0 saturated carbocycles. The van der Waals surface area contributed by atoms with Gasteiger partial charge in [0.1, 0.15) is 23.5 Å². The van der Waals surface area contributed by atoms with Gasteiger partial charge in [-0.2, -0.15) is 0 Å². The highest BCUT2D eigenvalue weighted by Gasteiger charge is 2.22. The van der Waals surface area contributed by atoms with E-state index in [9.17, 15) is 4.79 Å². The zero-order valence-electron chi connectivity index (χ0n) is 15.4. The molecule has 3 aromatic rings. The summed E-state index contributed by atoms with van der Waals surface area (Å²) in [6.07, 6.45) is 4.15. The first-order valence-electron chi connectivity index (χ1n) is 8.95. The molecule has 3 heterocycles. The number of amides is 1. The van der Waals surface area contributed by atoms with Gasteiger partial charge in [0.05, 0.1) is 18.2 Å². The molecule has 1 aromatic carbocycles. The topological polar surface area (TPSA) is 125 Å². The van der Waals surface area contributed by atoms with Crippen LogP contribution in [0.15, 0.2) is 30.7 Å². The maximum absolute atomic E-state index is 11.0. The van der Waals surface area contributed by atoms with Crippen LogP contribution in [0.3, 0.4) is 0 Å². The Balaban J connectivity index is 1.85. The Kier molecular flexibility index (Phi) is 4.74. The monoisotopic (exact) mass is 383 g/mol. The van der Waals surface area contributed by atoms with Crippen molar-refractivity contribution in [2.24, 2.45) is 0 Å². The van der Waals surface area contributed by atoms with Gasteiger partial charge in [-0.3, -0.25) is 5.32 Å². The third kappa shape index (κ3) is 3.20. The lowest BCUT2D eigenvalue weighted by Crippen LogP contribution is -2.19. The maximum atomic E-state index is 11.0. The van der Waals surface area contributed by atoms with Crippen LogP contribution < -0.4 is 15.8 Å². The number of carboxylic acid groups (broad SMARTS) is 1. The second kappa shape index (κ2) is 7.35. The van der Waals surface area contributed by atoms with E-state index in [1.54, 1.807) is 12.1 Å². The largest absolute Gasteiger partial charge is 0.495 e. The van der Waals surface area contributed by atoms with E-state index in [-0.39, 0.29) is 6.04 Å². The Morgan fingerprint density at radius 2 is 2.14 bits per heavy atom. The van der Waals surface area contributed by atoms with Crippen LogP contribution in [0.4, 0.5) is 16.3 Å².